The first kappa shape index (κ1) is 15.8. The Bertz CT molecular complexity index is 484. The van der Waals surface area contributed by atoms with Gasteiger partial charge in [0.1, 0.15) is 0 Å². The van der Waals surface area contributed by atoms with Crippen molar-refractivity contribution < 1.29 is 4.79 Å². The van der Waals surface area contributed by atoms with Gasteiger partial charge >= 0.3 is 0 Å². The highest BCUT2D eigenvalue weighted by molar-refractivity contribution is 5.94. The van der Waals surface area contributed by atoms with Gasteiger partial charge in [0.15, 0.2) is 0 Å². The first-order valence-electron chi connectivity index (χ1n) is 7.92. The van der Waals surface area contributed by atoms with Gasteiger partial charge < -0.3 is 15.6 Å². The van der Waals surface area contributed by atoms with Gasteiger partial charge in [-0.2, -0.15) is 0 Å². The molecule has 1 aliphatic rings. The molecule has 1 aromatic rings. The Kier molecular flexibility index (Phi) is 5.99. The van der Waals surface area contributed by atoms with E-state index < -0.39 is 0 Å². The van der Waals surface area contributed by atoms with Crippen molar-refractivity contribution >= 4 is 5.91 Å². The van der Waals surface area contributed by atoms with Crippen LogP contribution in [0.3, 0.4) is 0 Å². The first-order chi connectivity index (χ1) is 10.2. The molecule has 116 valence electrons. The summed E-state index contributed by atoms with van der Waals surface area (Å²) in [6, 6.07) is 3.31. The third-order valence-corrected chi connectivity index (χ3v) is 4.16. The van der Waals surface area contributed by atoms with Crippen LogP contribution >= 0.6 is 0 Å². The molecule has 0 unspecified atom stereocenters. The monoisotopic (exact) mass is 291 g/mol. The van der Waals surface area contributed by atoms with Crippen molar-refractivity contribution in [3.05, 3.63) is 34.2 Å². The minimum absolute atomic E-state index is 0.00611. The molecule has 0 spiro atoms. The molecule has 2 rings (SSSR count). The van der Waals surface area contributed by atoms with E-state index in [4.69, 9.17) is 5.73 Å². The van der Waals surface area contributed by atoms with Crippen molar-refractivity contribution in [3.8, 4) is 0 Å². The van der Waals surface area contributed by atoms with Crippen molar-refractivity contribution in [3.63, 3.8) is 0 Å². The fraction of sp³-hybridized carbons (Fsp3) is 0.625. The normalized spacial score (nSPS) is 16.4. The number of carbonyl (C=O) groups excluding carboxylic acids is 1. The quantitative estimate of drug-likeness (QED) is 0.813. The molecular weight excluding hydrogens is 266 g/mol. The lowest BCUT2D eigenvalue weighted by molar-refractivity contribution is 0.0658. The van der Waals surface area contributed by atoms with Crippen molar-refractivity contribution in [2.45, 2.75) is 51.0 Å². The Labute approximate surface area is 125 Å². The fourth-order valence-electron chi connectivity index (χ4n) is 2.99. The number of pyridine rings is 1. The number of hydrogen-bond acceptors (Lipinski definition) is 3. The standard InChI is InChI=1S/C16H25N3O2/c17-10-5-11-19(14-6-3-1-2-4-7-14)16(21)13-8-9-15(20)18-12-13/h8-9,12,14H,1-7,10-11,17H2,(H,18,20). The summed E-state index contributed by atoms with van der Waals surface area (Å²) in [4.78, 5) is 28.4. The van der Waals surface area contributed by atoms with E-state index >= 15 is 0 Å². The maximum atomic E-state index is 12.7. The zero-order chi connectivity index (χ0) is 15.1. The van der Waals surface area contributed by atoms with Crippen molar-refractivity contribution in [1.82, 2.24) is 9.88 Å². The number of carbonyl (C=O) groups is 1. The van der Waals surface area contributed by atoms with Crippen LogP contribution in [0.15, 0.2) is 23.1 Å². The Morgan fingerprint density at radius 2 is 1.95 bits per heavy atom. The second-order valence-corrected chi connectivity index (χ2v) is 5.73. The molecule has 0 bridgehead atoms. The molecule has 0 aliphatic heterocycles. The summed E-state index contributed by atoms with van der Waals surface area (Å²) in [7, 11) is 0. The van der Waals surface area contributed by atoms with Crippen LogP contribution in [-0.4, -0.2) is 34.9 Å². The third kappa shape index (κ3) is 4.43. The number of H-pyrrole nitrogens is 1. The molecular formula is C16H25N3O2. The van der Waals surface area contributed by atoms with E-state index in [1.165, 1.54) is 37.9 Å². The third-order valence-electron chi connectivity index (χ3n) is 4.16. The maximum Gasteiger partial charge on any atom is 0.255 e. The number of nitrogens with one attached hydrogen (secondary N) is 1. The van der Waals surface area contributed by atoms with Crippen LogP contribution < -0.4 is 11.3 Å². The molecule has 0 atom stereocenters. The molecule has 1 amide bonds. The van der Waals surface area contributed by atoms with Crippen LogP contribution in [-0.2, 0) is 0 Å². The number of hydrogen-bond donors (Lipinski definition) is 2. The molecule has 1 aromatic heterocycles. The van der Waals surface area contributed by atoms with Crippen LogP contribution in [0.4, 0.5) is 0 Å². The van der Waals surface area contributed by atoms with Crippen LogP contribution in [0, 0.1) is 0 Å². The summed E-state index contributed by atoms with van der Waals surface area (Å²) in [5, 5.41) is 0. The largest absolute Gasteiger partial charge is 0.336 e. The van der Waals surface area contributed by atoms with Crippen LogP contribution in [0.2, 0.25) is 0 Å². The lowest BCUT2D eigenvalue weighted by Gasteiger charge is -2.31. The molecule has 1 fully saturated rings. The van der Waals surface area contributed by atoms with E-state index in [1.807, 2.05) is 4.90 Å². The summed E-state index contributed by atoms with van der Waals surface area (Å²) in [6.07, 6.45) is 9.34. The number of rotatable bonds is 5. The highest BCUT2D eigenvalue weighted by Crippen LogP contribution is 2.23. The molecule has 5 nitrogen and oxygen atoms in total. The van der Waals surface area contributed by atoms with E-state index in [-0.39, 0.29) is 11.5 Å². The number of nitrogens with zero attached hydrogens (tertiary/aromatic N) is 1. The maximum absolute atomic E-state index is 12.7. The zero-order valence-corrected chi connectivity index (χ0v) is 12.5. The number of nitrogens with two attached hydrogens (primary N) is 1. The summed E-state index contributed by atoms with van der Waals surface area (Å²) in [5.41, 5.74) is 5.98. The molecule has 0 saturated heterocycles. The second-order valence-electron chi connectivity index (χ2n) is 5.73. The Balaban J connectivity index is 2.15. The topological polar surface area (TPSA) is 79.2 Å². The van der Waals surface area contributed by atoms with Gasteiger partial charge in [-0.05, 0) is 31.9 Å². The van der Waals surface area contributed by atoms with Crippen LogP contribution in [0.25, 0.3) is 0 Å². The van der Waals surface area contributed by atoms with E-state index in [9.17, 15) is 9.59 Å². The average molecular weight is 291 g/mol. The minimum Gasteiger partial charge on any atom is -0.336 e. The van der Waals surface area contributed by atoms with Crippen molar-refractivity contribution in [2.24, 2.45) is 5.73 Å². The minimum atomic E-state index is -0.186. The van der Waals surface area contributed by atoms with Crippen LogP contribution in [0.5, 0.6) is 0 Å². The van der Waals surface area contributed by atoms with Crippen molar-refractivity contribution in [1.29, 1.82) is 0 Å². The van der Waals surface area contributed by atoms with Gasteiger partial charge in [-0.3, -0.25) is 9.59 Å². The van der Waals surface area contributed by atoms with Gasteiger partial charge in [-0.15, -0.1) is 0 Å². The molecule has 1 aliphatic carbocycles. The summed E-state index contributed by atoms with van der Waals surface area (Å²) >= 11 is 0. The Hall–Kier alpha value is -1.62. The number of aromatic nitrogens is 1. The zero-order valence-electron chi connectivity index (χ0n) is 12.5. The van der Waals surface area contributed by atoms with Gasteiger partial charge in [0.2, 0.25) is 5.56 Å². The Morgan fingerprint density at radius 1 is 1.24 bits per heavy atom. The molecule has 21 heavy (non-hydrogen) atoms. The number of amides is 1. The summed E-state index contributed by atoms with van der Waals surface area (Å²) < 4.78 is 0. The average Bonchev–Trinajstić information content (AvgIpc) is 2.77. The molecule has 0 radical (unpaired) electrons. The first-order valence-corrected chi connectivity index (χ1v) is 7.92. The molecule has 1 saturated carbocycles. The fourth-order valence-corrected chi connectivity index (χ4v) is 2.99. The second kappa shape index (κ2) is 7.98. The number of aromatic amines is 1. The predicted octanol–water partition coefficient (Wildman–Crippen LogP) is 1.89. The van der Waals surface area contributed by atoms with E-state index in [1.54, 1.807) is 6.07 Å². The Morgan fingerprint density at radius 3 is 2.52 bits per heavy atom. The highest BCUT2D eigenvalue weighted by Gasteiger charge is 2.25. The molecule has 5 heteroatoms. The van der Waals surface area contributed by atoms with Crippen LogP contribution in [0.1, 0.15) is 55.3 Å². The molecule has 1 heterocycles. The van der Waals surface area contributed by atoms with E-state index in [0.717, 1.165) is 19.3 Å². The van der Waals surface area contributed by atoms with E-state index in [0.29, 0.717) is 24.7 Å². The highest BCUT2D eigenvalue weighted by atomic mass is 16.2. The van der Waals surface area contributed by atoms with Gasteiger partial charge in [0.05, 0.1) is 5.56 Å². The van der Waals surface area contributed by atoms with Gasteiger partial charge in [-0.25, -0.2) is 0 Å². The van der Waals surface area contributed by atoms with Gasteiger partial charge in [0, 0.05) is 24.8 Å². The van der Waals surface area contributed by atoms with Gasteiger partial charge in [-0.1, -0.05) is 25.7 Å². The SMILES string of the molecule is NCCCN(C(=O)c1ccc(=O)[nH]c1)C1CCCCCC1. The summed E-state index contributed by atoms with van der Waals surface area (Å²) in [6.45, 7) is 1.28. The van der Waals surface area contributed by atoms with E-state index in [2.05, 4.69) is 4.98 Å². The lowest BCUT2D eigenvalue weighted by Crippen LogP contribution is -2.41. The van der Waals surface area contributed by atoms with Crippen molar-refractivity contribution in [2.75, 3.05) is 13.1 Å². The molecule has 0 aromatic carbocycles. The predicted molar refractivity (Wildman–Crippen MR) is 83.3 cm³/mol. The van der Waals surface area contributed by atoms with Gasteiger partial charge in [0.25, 0.3) is 5.91 Å². The smallest absolute Gasteiger partial charge is 0.255 e. The summed E-state index contributed by atoms with van der Waals surface area (Å²) in [5.74, 6) is 0.00611. The molecule has 3 N–H and O–H groups in total. The lowest BCUT2D eigenvalue weighted by atomic mass is 10.1.